The Morgan fingerprint density at radius 1 is 0.870 bits per heavy atom. The van der Waals surface area contributed by atoms with E-state index < -0.39 is 7.12 Å². The lowest BCUT2D eigenvalue weighted by Crippen LogP contribution is -2.41. The van der Waals surface area contributed by atoms with Gasteiger partial charge >= 0.3 is 7.12 Å². The number of benzene rings is 2. The van der Waals surface area contributed by atoms with Crippen LogP contribution in [0.2, 0.25) is 0 Å². The summed E-state index contributed by atoms with van der Waals surface area (Å²) >= 11 is 0. The van der Waals surface area contributed by atoms with Gasteiger partial charge in [0, 0.05) is 5.39 Å². The molecule has 2 aromatic carbocycles. The van der Waals surface area contributed by atoms with Crippen LogP contribution in [-0.2, 0) is 9.31 Å². The molecule has 4 nitrogen and oxygen atoms in total. The molecule has 1 fully saturated rings. The molecule has 23 heavy (non-hydrogen) atoms. The van der Waals surface area contributed by atoms with E-state index >= 15 is 0 Å². The summed E-state index contributed by atoms with van der Waals surface area (Å²) in [6.07, 6.45) is 0. The largest absolute Gasteiger partial charge is 0.497 e. The topological polar surface area (TPSA) is 36.9 Å². The smallest absolute Gasteiger partial charge is 0.494 e. The Hall–Kier alpha value is -1.72. The molecule has 0 aliphatic carbocycles. The maximum absolute atomic E-state index is 6.15. The van der Waals surface area contributed by atoms with Crippen LogP contribution in [-0.4, -0.2) is 32.5 Å². The van der Waals surface area contributed by atoms with E-state index in [1.807, 2.05) is 52.0 Å². The molecule has 0 unspecified atom stereocenters. The third kappa shape index (κ3) is 2.68. The molecule has 1 aliphatic rings. The second kappa shape index (κ2) is 5.43. The number of rotatable bonds is 3. The van der Waals surface area contributed by atoms with Gasteiger partial charge in [0.05, 0.1) is 25.4 Å². The van der Waals surface area contributed by atoms with Crippen LogP contribution in [0.1, 0.15) is 27.7 Å². The molecule has 0 spiro atoms. The summed E-state index contributed by atoms with van der Waals surface area (Å²) in [5.74, 6) is 1.61. The highest BCUT2D eigenvalue weighted by molar-refractivity contribution is 6.62. The summed E-state index contributed by atoms with van der Waals surface area (Å²) in [6.45, 7) is 8.20. The number of ether oxygens (including phenoxy) is 2. The van der Waals surface area contributed by atoms with Gasteiger partial charge in [0.2, 0.25) is 0 Å². The first-order valence-electron chi connectivity index (χ1n) is 7.79. The van der Waals surface area contributed by atoms with Crippen molar-refractivity contribution in [2.24, 2.45) is 0 Å². The molecule has 2 aromatic rings. The molecule has 0 aromatic heterocycles. The van der Waals surface area contributed by atoms with Crippen molar-refractivity contribution in [1.82, 2.24) is 0 Å². The number of hydrogen-bond donors (Lipinski definition) is 0. The molecule has 0 saturated carbocycles. The van der Waals surface area contributed by atoms with Gasteiger partial charge in [-0.3, -0.25) is 0 Å². The molecule has 0 N–H and O–H groups in total. The van der Waals surface area contributed by atoms with E-state index in [0.717, 1.165) is 27.7 Å². The van der Waals surface area contributed by atoms with Crippen LogP contribution in [0.3, 0.4) is 0 Å². The molecule has 122 valence electrons. The summed E-state index contributed by atoms with van der Waals surface area (Å²) in [5, 5.41) is 2.07. The first kappa shape index (κ1) is 16.2. The van der Waals surface area contributed by atoms with Crippen molar-refractivity contribution in [3.8, 4) is 11.5 Å². The van der Waals surface area contributed by atoms with Crippen molar-refractivity contribution in [3.63, 3.8) is 0 Å². The van der Waals surface area contributed by atoms with Crippen molar-refractivity contribution < 1.29 is 18.8 Å². The van der Waals surface area contributed by atoms with E-state index in [1.54, 1.807) is 14.2 Å². The van der Waals surface area contributed by atoms with E-state index in [0.29, 0.717) is 0 Å². The standard InChI is InChI=1S/C18H23BO4/c1-17(2)18(3,4)23-19(22-17)13-9-12-10-14(20-5)7-8-15(12)16(11-13)21-6/h7-11H,1-6H3. The summed E-state index contributed by atoms with van der Waals surface area (Å²) in [5.41, 5.74) is 0.212. The minimum Gasteiger partial charge on any atom is -0.497 e. The minimum atomic E-state index is -0.412. The zero-order valence-corrected chi connectivity index (χ0v) is 14.6. The zero-order valence-electron chi connectivity index (χ0n) is 14.6. The zero-order chi connectivity index (χ0) is 16.8. The average molecular weight is 314 g/mol. The first-order valence-corrected chi connectivity index (χ1v) is 7.79. The Morgan fingerprint density at radius 3 is 2.09 bits per heavy atom. The van der Waals surface area contributed by atoms with E-state index in [9.17, 15) is 0 Å². The average Bonchev–Trinajstić information content (AvgIpc) is 2.73. The van der Waals surface area contributed by atoms with Gasteiger partial charge in [-0.05, 0) is 62.8 Å². The Bertz CT molecular complexity index is 723. The Balaban J connectivity index is 2.08. The van der Waals surface area contributed by atoms with Crippen LogP contribution < -0.4 is 14.9 Å². The van der Waals surface area contributed by atoms with Gasteiger partial charge in [-0.1, -0.05) is 6.07 Å². The van der Waals surface area contributed by atoms with Crippen molar-refractivity contribution in [2.75, 3.05) is 14.2 Å². The summed E-state index contributed by atoms with van der Waals surface area (Å²) < 4.78 is 23.2. The maximum atomic E-state index is 6.15. The van der Waals surface area contributed by atoms with Gasteiger partial charge in [-0.25, -0.2) is 0 Å². The first-order chi connectivity index (χ1) is 10.8. The molecule has 1 saturated heterocycles. The Labute approximate surface area is 137 Å². The minimum absolute atomic E-state index is 0.367. The van der Waals surface area contributed by atoms with Crippen molar-refractivity contribution in [3.05, 3.63) is 30.3 Å². The number of hydrogen-bond acceptors (Lipinski definition) is 4. The fourth-order valence-corrected chi connectivity index (χ4v) is 2.75. The predicted molar refractivity (Wildman–Crippen MR) is 92.8 cm³/mol. The van der Waals surface area contributed by atoms with Crippen molar-refractivity contribution >= 4 is 23.4 Å². The van der Waals surface area contributed by atoms with Gasteiger partial charge in [-0.15, -0.1) is 0 Å². The molecule has 0 radical (unpaired) electrons. The van der Waals surface area contributed by atoms with Crippen molar-refractivity contribution in [1.29, 1.82) is 0 Å². The number of fused-ring (bicyclic) bond motifs is 1. The fraction of sp³-hybridized carbons (Fsp3) is 0.444. The van der Waals surface area contributed by atoms with Crippen LogP contribution in [0.4, 0.5) is 0 Å². The van der Waals surface area contributed by atoms with Crippen LogP contribution >= 0.6 is 0 Å². The highest BCUT2D eigenvalue weighted by atomic mass is 16.7. The second-order valence-electron chi connectivity index (χ2n) is 6.90. The molecule has 0 bridgehead atoms. The second-order valence-corrected chi connectivity index (χ2v) is 6.90. The molecule has 1 aliphatic heterocycles. The SMILES string of the molecule is COc1ccc2c(OC)cc(B3OC(C)(C)C(C)(C)O3)cc2c1. The molecular weight excluding hydrogens is 291 g/mol. The molecule has 3 rings (SSSR count). The third-order valence-electron chi connectivity index (χ3n) is 4.89. The monoisotopic (exact) mass is 314 g/mol. The van der Waals surface area contributed by atoms with Crippen LogP contribution in [0, 0.1) is 0 Å². The highest BCUT2D eigenvalue weighted by Gasteiger charge is 2.51. The third-order valence-corrected chi connectivity index (χ3v) is 4.89. The summed E-state index contributed by atoms with van der Waals surface area (Å²) in [7, 11) is 2.92. The van der Waals surface area contributed by atoms with E-state index in [4.69, 9.17) is 18.8 Å². The lowest BCUT2D eigenvalue weighted by molar-refractivity contribution is 0.00578. The molecule has 0 amide bonds. The summed E-state index contributed by atoms with van der Waals surface area (Å²) in [4.78, 5) is 0. The van der Waals surface area contributed by atoms with Crippen molar-refractivity contribution in [2.45, 2.75) is 38.9 Å². The highest BCUT2D eigenvalue weighted by Crippen LogP contribution is 2.37. The molecule has 1 heterocycles. The van der Waals surface area contributed by atoms with Gasteiger partial charge in [-0.2, -0.15) is 0 Å². The normalized spacial score (nSPS) is 19.1. The maximum Gasteiger partial charge on any atom is 0.494 e. The number of methoxy groups -OCH3 is 2. The Kier molecular flexibility index (Phi) is 3.81. The molecular formula is C18H23BO4. The fourth-order valence-electron chi connectivity index (χ4n) is 2.75. The lowest BCUT2D eigenvalue weighted by Gasteiger charge is -2.32. The van der Waals surface area contributed by atoms with Crippen LogP contribution in [0.25, 0.3) is 10.8 Å². The predicted octanol–water partition coefficient (Wildman–Crippen LogP) is 3.16. The quantitative estimate of drug-likeness (QED) is 0.816. The van der Waals surface area contributed by atoms with E-state index in [2.05, 4.69) is 6.07 Å². The van der Waals surface area contributed by atoms with Crippen LogP contribution in [0.5, 0.6) is 11.5 Å². The molecule has 0 atom stereocenters. The van der Waals surface area contributed by atoms with Crippen LogP contribution in [0.15, 0.2) is 30.3 Å². The van der Waals surface area contributed by atoms with Gasteiger partial charge in [0.1, 0.15) is 11.5 Å². The van der Waals surface area contributed by atoms with Gasteiger partial charge in [0.15, 0.2) is 0 Å². The Morgan fingerprint density at radius 2 is 1.52 bits per heavy atom. The lowest BCUT2D eigenvalue weighted by atomic mass is 9.78. The van der Waals surface area contributed by atoms with Gasteiger partial charge < -0.3 is 18.8 Å². The van der Waals surface area contributed by atoms with E-state index in [1.165, 1.54) is 0 Å². The van der Waals surface area contributed by atoms with E-state index in [-0.39, 0.29) is 11.2 Å². The van der Waals surface area contributed by atoms with Gasteiger partial charge in [0.25, 0.3) is 0 Å². The molecule has 5 heteroatoms. The summed E-state index contributed by atoms with van der Waals surface area (Å²) in [6, 6.07) is 9.98.